The SMILES string of the molecule is Cc1ccc(NC(=O)CSc2nnc(-c3ccc4c(c3)OCO4)o2)cc1Br. The first kappa shape index (κ1) is 17.9. The van der Waals surface area contributed by atoms with Gasteiger partial charge in [0.2, 0.25) is 18.6 Å². The molecule has 0 unspecified atom stereocenters. The van der Waals surface area contributed by atoms with Crippen LogP contribution in [-0.2, 0) is 4.79 Å². The van der Waals surface area contributed by atoms with Crippen molar-refractivity contribution < 1.29 is 18.7 Å². The summed E-state index contributed by atoms with van der Waals surface area (Å²) in [5, 5.41) is 11.2. The minimum Gasteiger partial charge on any atom is -0.454 e. The molecule has 2 aromatic carbocycles. The fourth-order valence-electron chi connectivity index (χ4n) is 2.41. The summed E-state index contributed by atoms with van der Waals surface area (Å²) in [6.45, 7) is 2.19. The molecule has 0 spiro atoms. The van der Waals surface area contributed by atoms with Crippen LogP contribution in [0, 0.1) is 6.92 Å². The number of ether oxygens (including phenoxy) is 2. The number of thioether (sulfide) groups is 1. The van der Waals surface area contributed by atoms with Crippen molar-refractivity contribution in [3.05, 3.63) is 46.4 Å². The maximum absolute atomic E-state index is 12.1. The lowest BCUT2D eigenvalue weighted by molar-refractivity contribution is -0.113. The number of carbonyl (C=O) groups is 1. The van der Waals surface area contributed by atoms with Gasteiger partial charge in [0.1, 0.15) is 0 Å². The Morgan fingerprint density at radius 1 is 1.19 bits per heavy atom. The number of carbonyl (C=O) groups excluding carboxylic acids is 1. The molecular weight excluding hydrogens is 434 g/mol. The van der Waals surface area contributed by atoms with Gasteiger partial charge in [-0.15, -0.1) is 10.2 Å². The molecule has 0 saturated carbocycles. The van der Waals surface area contributed by atoms with Gasteiger partial charge in [-0.25, -0.2) is 0 Å². The molecule has 1 aliphatic heterocycles. The van der Waals surface area contributed by atoms with Crippen molar-refractivity contribution in [3.63, 3.8) is 0 Å². The van der Waals surface area contributed by atoms with Gasteiger partial charge < -0.3 is 19.2 Å². The van der Waals surface area contributed by atoms with E-state index in [9.17, 15) is 4.79 Å². The molecule has 2 heterocycles. The summed E-state index contributed by atoms with van der Waals surface area (Å²) in [6.07, 6.45) is 0. The Labute approximate surface area is 167 Å². The number of hydrogen-bond donors (Lipinski definition) is 1. The maximum Gasteiger partial charge on any atom is 0.277 e. The van der Waals surface area contributed by atoms with Gasteiger partial charge in [-0.1, -0.05) is 33.8 Å². The molecule has 1 N–H and O–H groups in total. The highest BCUT2D eigenvalue weighted by molar-refractivity contribution is 9.10. The second-order valence-corrected chi connectivity index (χ2v) is 7.52. The molecule has 7 nitrogen and oxygen atoms in total. The van der Waals surface area contributed by atoms with Crippen molar-refractivity contribution in [1.29, 1.82) is 0 Å². The second kappa shape index (κ2) is 7.61. The molecule has 1 aromatic heterocycles. The van der Waals surface area contributed by atoms with E-state index in [1.54, 1.807) is 12.1 Å². The zero-order chi connectivity index (χ0) is 18.8. The lowest BCUT2D eigenvalue weighted by Crippen LogP contribution is -2.14. The van der Waals surface area contributed by atoms with Crippen molar-refractivity contribution in [3.8, 4) is 23.0 Å². The number of amides is 1. The van der Waals surface area contributed by atoms with Crippen LogP contribution in [0.4, 0.5) is 5.69 Å². The number of halogens is 1. The average Bonchev–Trinajstić information content (AvgIpc) is 3.31. The standard InChI is InChI=1S/C18H14BrN3O4S/c1-10-2-4-12(7-13(10)19)20-16(23)8-27-18-22-21-17(26-18)11-3-5-14-15(6-11)25-9-24-14/h2-7H,8-9H2,1H3,(H,20,23). The summed E-state index contributed by atoms with van der Waals surface area (Å²) in [7, 11) is 0. The zero-order valence-electron chi connectivity index (χ0n) is 14.2. The molecule has 0 saturated heterocycles. The number of benzene rings is 2. The third-order valence-corrected chi connectivity index (χ3v) is 5.48. The van der Waals surface area contributed by atoms with Gasteiger partial charge in [-0.05, 0) is 42.8 Å². The second-order valence-electron chi connectivity index (χ2n) is 5.74. The van der Waals surface area contributed by atoms with E-state index >= 15 is 0 Å². The van der Waals surface area contributed by atoms with Gasteiger partial charge >= 0.3 is 0 Å². The summed E-state index contributed by atoms with van der Waals surface area (Å²) in [4.78, 5) is 12.1. The number of hydrogen-bond acceptors (Lipinski definition) is 7. The van der Waals surface area contributed by atoms with Gasteiger partial charge in [0.05, 0.1) is 5.75 Å². The monoisotopic (exact) mass is 447 g/mol. The molecule has 4 rings (SSSR count). The van der Waals surface area contributed by atoms with Crippen molar-refractivity contribution >= 4 is 39.3 Å². The molecule has 27 heavy (non-hydrogen) atoms. The summed E-state index contributed by atoms with van der Waals surface area (Å²) in [6, 6.07) is 11.0. The predicted octanol–water partition coefficient (Wildman–Crippen LogP) is 4.27. The number of rotatable bonds is 5. The minimum absolute atomic E-state index is 0.154. The highest BCUT2D eigenvalue weighted by Gasteiger charge is 2.17. The summed E-state index contributed by atoms with van der Waals surface area (Å²) >= 11 is 4.62. The molecule has 0 aliphatic carbocycles. The van der Waals surface area contributed by atoms with Crippen LogP contribution in [0.5, 0.6) is 11.5 Å². The molecule has 0 bridgehead atoms. The van der Waals surface area contributed by atoms with Crippen molar-refractivity contribution in [2.24, 2.45) is 0 Å². The molecule has 0 atom stereocenters. The lowest BCUT2D eigenvalue weighted by Gasteiger charge is -2.06. The highest BCUT2D eigenvalue weighted by atomic mass is 79.9. The Morgan fingerprint density at radius 3 is 2.89 bits per heavy atom. The Kier molecular flexibility index (Phi) is 5.04. The maximum atomic E-state index is 12.1. The Morgan fingerprint density at radius 2 is 2.04 bits per heavy atom. The summed E-state index contributed by atoms with van der Waals surface area (Å²) in [5.41, 5.74) is 2.56. The van der Waals surface area contributed by atoms with E-state index in [1.165, 1.54) is 11.8 Å². The molecule has 138 valence electrons. The predicted molar refractivity (Wildman–Crippen MR) is 104 cm³/mol. The average molecular weight is 448 g/mol. The van der Waals surface area contributed by atoms with E-state index in [4.69, 9.17) is 13.9 Å². The van der Waals surface area contributed by atoms with Gasteiger partial charge in [0.25, 0.3) is 5.22 Å². The Bertz CT molecular complexity index is 1010. The minimum atomic E-state index is -0.154. The Hall–Kier alpha value is -2.52. The lowest BCUT2D eigenvalue weighted by atomic mass is 10.2. The van der Waals surface area contributed by atoms with E-state index < -0.39 is 0 Å². The van der Waals surface area contributed by atoms with Crippen molar-refractivity contribution in [2.75, 3.05) is 17.9 Å². The van der Waals surface area contributed by atoms with Crippen LogP contribution >= 0.6 is 27.7 Å². The van der Waals surface area contributed by atoms with Crippen LogP contribution in [0.2, 0.25) is 0 Å². The van der Waals surface area contributed by atoms with E-state index in [2.05, 4.69) is 31.4 Å². The van der Waals surface area contributed by atoms with Crippen LogP contribution in [0.1, 0.15) is 5.56 Å². The smallest absolute Gasteiger partial charge is 0.277 e. The third-order valence-electron chi connectivity index (χ3n) is 3.81. The number of anilines is 1. The third kappa shape index (κ3) is 4.09. The highest BCUT2D eigenvalue weighted by Crippen LogP contribution is 2.36. The molecule has 9 heteroatoms. The first-order valence-corrected chi connectivity index (χ1v) is 9.79. The quantitative estimate of drug-likeness (QED) is 0.584. The van der Waals surface area contributed by atoms with Gasteiger partial charge in [0.15, 0.2) is 11.5 Å². The number of nitrogens with one attached hydrogen (secondary N) is 1. The topological polar surface area (TPSA) is 86.5 Å². The van der Waals surface area contributed by atoms with E-state index in [0.29, 0.717) is 22.6 Å². The molecular formula is C18H14BrN3O4S. The largest absolute Gasteiger partial charge is 0.454 e. The fourth-order valence-corrected chi connectivity index (χ4v) is 3.35. The summed E-state index contributed by atoms with van der Waals surface area (Å²) < 4.78 is 17.2. The van der Waals surface area contributed by atoms with Crippen molar-refractivity contribution in [1.82, 2.24) is 10.2 Å². The van der Waals surface area contributed by atoms with Crippen LogP contribution in [0.15, 0.2) is 50.5 Å². The number of fused-ring (bicyclic) bond motifs is 1. The van der Waals surface area contributed by atoms with Crippen LogP contribution in [-0.4, -0.2) is 28.7 Å². The molecule has 0 fully saturated rings. The van der Waals surface area contributed by atoms with Crippen molar-refractivity contribution in [2.45, 2.75) is 12.1 Å². The molecule has 1 aliphatic rings. The van der Waals surface area contributed by atoms with E-state index in [1.807, 2.05) is 31.2 Å². The number of aryl methyl sites for hydroxylation is 1. The fraction of sp³-hybridized carbons (Fsp3) is 0.167. The molecule has 0 radical (unpaired) electrons. The zero-order valence-corrected chi connectivity index (χ0v) is 16.6. The van der Waals surface area contributed by atoms with Gasteiger partial charge in [-0.2, -0.15) is 0 Å². The molecule has 3 aromatic rings. The van der Waals surface area contributed by atoms with Gasteiger partial charge in [0, 0.05) is 15.7 Å². The summed E-state index contributed by atoms with van der Waals surface area (Å²) in [5.74, 6) is 1.70. The van der Waals surface area contributed by atoms with Gasteiger partial charge in [-0.3, -0.25) is 4.79 Å². The van der Waals surface area contributed by atoms with E-state index in [0.717, 1.165) is 21.3 Å². The first-order chi connectivity index (χ1) is 13.1. The van der Waals surface area contributed by atoms with Crippen LogP contribution < -0.4 is 14.8 Å². The van der Waals surface area contributed by atoms with Crippen LogP contribution in [0.3, 0.4) is 0 Å². The first-order valence-electron chi connectivity index (χ1n) is 8.01. The molecule has 1 amide bonds. The van der Waals surface area contributed by atoms with Crippen LogP contribution in [0.25, 0.3) is 11.5 Å². The van der Waals surface area contributed by atoms with E-state index in [-0.39, 0.29) is 18.5 Å². The normalized spacial score (nSPS) is 12.2. The number of nitrogens with zero attached hydrogens (tertiary/aromatic N) is 2. The Balaban J connectivity index is 1.36. The number of aromatic nitrogens is 2.